The Bertz CT molecular complexity index is 1230. The van der Waals surface area contributed by atoms with Crippen LogP contribution in [0.15, 0.2) is 36.4 Å². The second kappa shape index (κ2) is 8.73. The van der Waals surface area contributed by atoms with E-state index in [2.05, 4.69) is 11.5 Å². The first kappa shape index (κ1) is 22.9. The van der Waals surface area contributed by atoms with Crippen molar-refractivity contribution in [3.05, 3.63) is 59.0 Å². The molecule has 0 atom stereocenters. The predicted molar refractivity (Wildman–Crippen MR) is 129 cm³/mol. The number of aromatic nitrogens is 1. The molecule has 1 aromatic heterocycles. The molecule has 1 aliphatic heterocycles. The first-order valence-corrected chi connectivity index (χ1v) is 12.2. The second-order valence-corrected chi connectivity index (χ2v) is 10.4. The molecule has 0 unspecified atom stereocenters. The van der Waals surface area contributed by atoms with Gasteiger partial charge in [0.15, 0.2) is 0 Å². The molecule has 0 radical (unpaired) electrons. The Morgan fingerprint density at radius 3 is 2.62 bits per heavy atom. The minimum atomic E-state index is -0.707. The first-order valence-electron chi connectivity index (χ1n) is 12.2. The number of rotatable bonds is 6. The SMILES string of the molecule is Cc1cc(-n2c(C3CCOCC3)c(CCC3(C)CC(C(=O)O)C3)c3c(O)cccc32)ccc1F. The summed E-state index contributed by atoms with van der Waals surface area (Å²) in [5.41, 5.74) is 4.68. The molecule has 0 amide bonds. The summed E-state index contributed by atoms with van der Waals surface area (Å²) >= 11 is 0. The third kappa shape index (κ3) is 3.98. The number of fused-ring (bicyclic) bond motifs is 1. The van der Waals surface area contributed by atoms with E-state index >= 15 is 0 Å². The van der Waals surface area contributed by atoms with Crippen molar-refractivity contribution in [2.75, 3.05) is 13.2 Å². The summed E-state index contributed by atoms with van der Waals surface area (Å²) in [4.78, 5) is 11.4. The number of carbonyl (C=O) groups is 1. The van der Waals surface area contributed by atoms with Crippen molar-refractivity contribution in [2.24, 2.45) is 11.3 Å². The van der Waals surface area contributed by atoms with Crippen molar-refractivity contribution in [3.63, 3.8) is 0 Å². The average Bonchev–Trinajstić information content (AvgIpc) is 3.13. The number of carboxylic acids is 1. The van der Waals surface area contributed by atoms with Gasteiger partial charge in [-0.1, -0.05) is 13.0 Å². The number of phenols is 1. The van der Waals surface area contributed by atoms with Crippen LogP contribution in [-0.4, -0.2) is 34.0 Å². The molecule has 5 rings (SSSR count). The fourth-order valence-corrected chi connectivity index (χ4v) is 6.05. The molecule has 3 aromatic rings. The van der Waals surface area contributed by atoms with Crippen LogP contribution in [-0.2, 0) is 16.0 Å². The lowest BCUT2D eigenvalue weighted by molar-refractivity contribution is -0.149. The summed E-state index contributed by atoms with van der Waals surface area (Å²) < 4.78 is 22.0. The maximum Gasteiger partial charge on any atom is 0.306 e. The van der Waals surface area contributed by atoms with E-state index in [1.165, 1.54) is 11.8 Å². The van der Waals surface area contributed by atoms with E-state index in [4.69, 9.17) is 4.74 Å². The molecule has 2 aliphatic rings. The predicted octanol–water partition coefficient (Wildman–Crippen LogP) is 6.11. The third-order valence-corrected chi connectivity index (χ3v) is 7.93. The number of aliphatic carboxylic acids is 1. The smallest absolute Gasteiger partial charge is 0.306 e. The summed E-state index contributed by atoms with van der Waals surface area (Å²) in [5, 5.41) is 21.2. The Morgan fingerprint density at radius 2 is 1.94 bits per heavy atom. The van der Waals surface area contributed by atoms with Crippen LogP contribution in [0.25, 0.3) is 16.6 Å². The fraction of sp³-hybridized carbons (Fsp3) is 0.464. The van der Waals surface area contributed by atoms with Crippen LogP contribution in [0, 0.1) is 24.1 Å². The average molecular weight is 466 g/mol. The van der Waals surface area contributed by atoms with Crippen LogP contribution >= 0.6 is 0 Å². The van der Waals surface area contributed by atoms with Crippen LogP contribution in [0.5, 0.6) is 5.75 Å². The van der Waals surface area contributed by atoms with E-state index in [1.54, 1.807) is 13.0 Å². The molecule has 180 valence electrons. The topological polar surface area (TPSA) is 71.7 Å². The molecule has 1 saturated heterocycles. The molecule has 2 aromatic carbocycles. The van der Waals surface area contributed by atoms with Crippen molar-refractivity contribution in [2.45, 2.75) is 58.3 Å². The summed E-state index contributed by atoms with van der Waals surface area (Å²) in [6, 6.07) is 10.8. The lowest BCUT2D eigenvalue weighted by atomic mass is 9.61. The highest BCUT2D eigenvalue weighted by Crippen LogP contribution is 2.50. The number of benzene rings is 2. The zero-order chi connectivity index (χ0) is 24.0. The minimum absolute atomic E-state index is 0.0126. The van der Waals surface area contributed by atoms with Gasteiger partial charge in [-0.2, -0.15) is 0 Å². The van der Waals surface area contributed by atoms with Crippen LogP contribution in [0.2, 0.25) is 0 Å². The highest BCUT2D eigenvalue weighted by atomic mass is 19.1. The highest BCUT2D eigenvalue weighted by molar-refractivity contribution is 5.92. The molecular formula is C28H32FNO4. The van der Waals surface area contributed by atoms with Gasteiger partial charge in [0, 0.05) is 35.9 Å². The summed E-state index contributed by atoms with van der Waals surface area (Å²) in [6.07, 6.45) is 4.79. The molecule has 34 heavy (non-hydrogen) atoms. The van der Waals surface area contributed by atoms with Gasteiger partial charge in [-0.3, -0.25) is 4.79 Å². The molecule has 0 spiro atoms. The number of carboxylic acid groups (broad SMARTS) is 1. The van der Waals surface area contributed by atoms with Gasteiger partial charge in [0.25, 0.3) is 0 Å². The quantitative estimate of drug-likeness (QED) is 0.461. The van der Waals surface area contributed by atoms with Crippen molar-refractivity contribution >= 4 is 16.9 Å². The van der Waals surface area contributed by atoms with Gasteiger partial charge < -0.3 is 19.5 Å². The number of halogens is 1. The number of aromatic hydroxyl groups is 1. The second-order valence-electron chi connectivity index (χ2n) is 10.4. The van der Waals surface area contributed by atoms with Crippen molar-refractivity contribution < 1.29 is 24.1 Å². The van der Waals surface area contributed by atoms with Gasteiger partial charge >= 0.3 is 5.97 Å². The fourth-order valence-electron chi connectivity index (χ4n) is 6.05. The number of nitrogens with zero attached hydrogens (tertiary/aromatic N) is 1. The molecular weight excluding hydrogens is 433 g/mol. The minimum Gasteiger partial charge on any atom is -0.507 e. The highest BCUT2D eigenvalue weighted by Gasteiger charge is 2.44. The Hall–Kier alpha value is -2.86. The molecule has 1 saturated carbocycles. The Balaban J connectivity index is 1.64. The van der Waals surface area contributed by atoms with Gasteiger partial charge in [-0.15, -0.1) is 0 Å². The summed E-state index contributed by atoms with van der Waals surface area (Å²) in [6.45, 7) is 5.33. The largest absolute Gasteiger partial charge is 0.507 e. The molecule has 2 N–H and O–H groups in total. The van der Waals surface area contributed by atoms with Gasteiger partial charge in [0.2, 0.25) is 0 Å². The number of ether oxygens (including phenoxy) is 1. The van der Waals surface area contributed by atoms with Gasteiger partial charge in [-0.05, 0) is 92.3 Å². The maximum absolute atomic E-state index is 14.1. The van der Waals surface area contributed by atoms with E-state index in [0.717, 1.165) is 47.8 Å². The van der Waals surface area contributed by atoms with Crippen LogP contribution in [0.4, 0.5) is 4.39 Å². The van der Waals surface area contributed by atoms with Gasteiger partial charge in [0.05, 0.1) is 11.4 Å². The molecule has 2 heterocycles. The third-order valence-electron chi connectivity index (χ3n) is 7.93. The van der Waals surface area contributed by atoms with Crippen LogP contribution in [0.1, 0.15) is 61.8 Å². The maximum atomic E-state index is 14.1. The molecule has 1 aliphatic carbocycles. The molecule has 5 nitrogen and oxygen atoms in total. The lowest BCUT2D eigenvalue weighted by Gasteiger charge is -2.43. The number of phenolic OH excluding ortho intramolecular Hbond substituents is 1. The monoisotopic (exact) mass is 465 g/mol. The van der Waals surface area contributed by atoms with E-state index in [-0.39, 0.29) is 28.8 Å². The Morgan fingerprint density at radius 1 is 1.21 bits per heavy atom. The van der Waals surface area contributed by atoms with E-state index < -0.39 is 5.97 Å². The van der Waals surface area contributed by atoms with Gasteiger partial charge in [0.1, 0.15) is 11.6 Å². The van der Waals surface area contributed by atoms with Crippen molar-refractivity contribution in [1.82, 2.24) is 4.57 Å². The van der Waals surface area contributed by atoms with Crippen LogP contribution < -0.4 is 0 Å². The number of aryl methyl sites for hydroxylation is 2. The first-order chi connectivity index (χ1) is 16.3. The molecule has 6 heteroatoms. The number of hydrogen-bond acceptors (Lipinski definition) is 3. The van der Waals surface area contributed by atoms with E-state index in [0.29, 0.717) is 31.6 Å². The Kier molecular flexibility index (Phi) is 5.88. The lowest BCUT2D eigenvalue weighted by Crippen LogP contribution is -2.39. The number of hydrogen-bond donors (Lipinski definition) is 2. The normalized spacial score (nSPS) is 23.2. The zero-order valence-electron chi connectivity index (χ0n) is 19.8. The summed E-state index contributed by atoms with van der Waals surface area (Å²) in [7, 11) is 0. The van der Waals surface area contributed by atoms with Crippen molar-refractivity contribution in [3.8, 4) is 11.4 Å². The molecule has 2 fully saturated rings. The van der Waals surface area contributed by atoms with E-state index in [9.17, 15) is 19.4 Å². The molecule has 0 bridgehead atoms. The standard InChI is InChI=1S/C28H32FNO4/c1-17-14-20(6-7-22(17)29)30-23-4-3-5-24(31)25(23)21(26(30)18-9-12-34-13-10-18)8-11-28(2)15-19(16-28)27(32)33/h3-7,14,18-19,31H,8-13,15-16H2,1-2H3,(H,32,33). The van der Waals surface area contributed by atoms with Crippen molar-refractivity contribution in [1.29, 1.82) is 0 Å². The summed E-state index contributed by atoms with van der Waals surface area (Å²) in [5.74, 6) is -0.678. The van der Waals surface area contributed by atoms with E-state index in [1.807, 2.05) is 24.3 Å². The van der Waals surface area contributed by atoms with Gasteiger partial charge in [-0.25, -0.2) is 4.39 Å². The Labute approximate surface area is 199 Å². The zero-order valence-corrected chi connectivity index (χ0v) is 19.8. The van der Waals surface area contributed by atoms with Crippen LogP contribution in [0.3, 0.4) is 0 Å².